The van der Waals surface area contributed by atoms with Crippen molar-refractivity contribution in [3.63, 3.8) is 0 Å². The predicted molar refractivity (Wildman–Crippen MR) is 59.3 cm³/mol. The zero-order valence-electron chi connectivity index (χ0n) is 8.72. The lowest BCUT2D eigenvalue weighted by Gasteiger charge is -1.95. The molecule has 6 heteroatoms. The topological polar surface area (TPSA) is 52.0 Å². The van der Waals surface area contributed by atoms with E-state index in [2.05, 4.69) is 4.98 Å². The van der Waals surface area contributed by atoms with E-state index in [1.165, 1.54) is 0 Å². The molecule has 2 heterocycles. The number of halogens is 1. The van der Waals surface area contributed by atoms with E-state index < -0.39 is 16.0 Å². The molecule has 86 valence electrons. The molecule has 0 atom stereocenters. The lowest BCUT2D eigenvalue weighted by Crippen LogP contribution is -2.01. The van der Waals surface area contributed by atoms with Crippen molar-refractivity contribution in [3.05, 3.63) is 30.1 Å². The summed E-state index contributed by atoms with van der Waals surface area (Å²) in [5.74, 6) is -0.485. The zero-order valence-corrected chi connectivity index (χ0v) is 9.54. The van der Waals surface area contributed by atoms with Crippen molar-refractivity contribution in [2.75, 3.05) is 5.75 Å². The smallest absolute Gasteiger partial charge is 0.302 e. The largest absolute Gasteiger partial charge is 0.335 e. The highest BCUT2D eigenvalue weighted by molar-refractivity contribution is 7.86. The van der Waals surface area contributed by atoms with Gasteiger partial charge in [0.15, 0.2) is 0 Å². The third-order valence-corrected chi connectivity index (χ3v) is 3.12. The molecule has 0 radical (unpaired) electrons. The van der Waals surface area contributed by atoms with E-state index in [4.69, 9.17) is 0 Å². The van der Waals surface area contributed by atoms with Crippen LogP contribution < -0.4 is 0 Å². The molecule has 0 unspecified atom stereocenters. The molecule has 2 aromatic rings. The van der Waals surface area contributed by atoms with E-state index >= 15 is 0 Å². The summed E-state index contributed by atoms with van der Waals surface area (Å²) in [5, 5.41) is 0.869. The Kier molecular flexibility index (Phi) is 2.67. The highest BCUT2D eigenvalue weighted by atomic mass is 32.3. The average molecular weight is 242 g/mol. The van der Waals surface area contributed by atoms with Gasteiger partial charge in [-0.2, -0.15) is 8.42 Å². The Bertz CT molecular complexity index is 619. The molecule has 0 aliphatic carbocycles. The van der Waals surface area contributed by atoms with Crippen molar-refractivity contribution in [1.82, 2.24) is 9.55 Å². The molecule has 0 amide bonds. The lowest BCUT2D eigenvalue weighted by molar-refractivity contribution is 0.551. The fraction of sp³-hybridized carbons (Fsp3) is 0.300. The van der Waals surface area contributed by atoms with Crippen molar-refractivity contribution >= 4 is 21.3 Å². The van der Waals surface area contributed by atoms with Gasteiger partial charge in [-0.15, -0.1) is 3.89 Å². The summed E-state index contributed by atoms with van der Waals surface area (Å²) in [6.07, 6.45) is 3.61. The second-order valence-electron chi connectivity index (χ2n) is 3.63. The van der Waals surface area contributed by atoms with E-state index in [1.807, 2.05) is 13.1 Å². The van der Waals surface area contributed by atoms with Gasteiger partial charge in [-0.05, 0) is 24.1 Å². The number of aryl methyl sites for hydroxylation is 2. The van der Waals surface area contributed by atoms with E-state index in [0.29, 0.717) is 0 Å². The van der Waals surface area contributed by atoms with Crippen LogP contribution in [0.3, 0.4) is 0 Å². The minimum Gasteiger partial charge on any atom is -0.335 e. The van der Waals surface area contributed by atoms with Crippen molar-refractivity contribution < 1.29 is 12.3 Å². The summed E-state index contributed by atoms with van der Waals surface area (Å²) in [5.41, 5.74) is 1.57. The molecule has 0 fully saturated rings. The predicted octanol–water partition coefficient (Wildman–Crippen LogP) is 1.42. The van der Waals surface area contributed by atoms with Crippen molar-refractivity contribution in [3.8, 4) is 0 Å². The first-order valence-electron chi connectivity index (χ1n) is 4.78. The Balaban J connectivity index is 2.38. The fourth-order valence-electron chi connectivity index (χ4n) is 1.72. The van der Waals surface area contributed by atoms with Gasteiger partial charge in [0.2, 0.25) is 0 Å². The first-order chi connectivity index (χ1) is 7.47. The zero-order chi connectivity index (χ0) is 11.8. The number of pyridine rings is 1. The van der Waals surface area contributed by atoms with E-state index in [-0.39, 0.29) is 6.42 Å². The van der Waals surface area contributed by atoms with Gasteiger partial charge in [-0.3, -0.25) is 0 Å². The molecule has 0 spiro atoms. The van der Waals surface area contributed by atoms with Crippen LogP contribution in [0.2, 0.25) is 0 Å². The van der Waals surface area contributed by atoms with Gasteiger partial charge in [-0.1, -0.05) is 0 Å². The van der Waals surface area contributed by atoms with Gasteiger partial charge < -0.3 is 4.57 Å². The van der Waals surface area contributed by atoms with E-state index in [9.17, 15) is 12.3 Å². The normalized spacial score (nSPS) is 12.1. The first kappa shape index (κ1) is 11.1. The fourth-order valence-corrected chi connectivity index (χ4v) is 2.19. The molecule has 16 heavy (non-hydrogen) atoms. The average Bonchev–Trinajstić information content (AvgIpc) is 2.53. The van der Waals surface area contributed by atoms with Gasteiger partial charge >= 0.3 is 10.2 Å². The van der Waals surface area contributed by atoms with Crippen molar-refractivity contribution in [1.29, 1.82) is 0 Å². The summed E-state index contributed by atoms with van der Waals surface area (Å²) >= 11 is 0. The maximum atomic E-state index is 12.4. The van der Waals surface area contributed by atoms with Crippen LogP contribution >= 0.6 is 0 Å². The molecule has 0 N–H and O–H groups in total. The highest BCUT2D eigenvalue weighted by Gasteiger charge is 2.11. The summed E-state index contributed by atoms with van der Waals surface area (Å²) < 4.78 is 35.1. The SMILES string of the molecule is Cn1cc(CCS(=O)(=O)F)c2cccnc21. The number of aromatic nitrogens is 2. The van der Waals surface area contributed by atoms with Crippen LogP contribution in [-0.2, 0) is 23.7 Å². The van der Waals surface area contributed by atoms with Gasteiger partial charge in [0.05, 0.1) is 5.75 Å². The lowest BCUT2D eigenvalue weighted by atomic mass is 10.2. The first-order valence-corrected chi connectivity index (χ1v) is 6.34. The minimum absolute atomic E-state index is 0.169. The van der Waals surface area contributed by atoms with E-state index in [0.717, 1.165) is 16.6 Å². The number of nitrogens with zero attached hydrogens (tertiary/aromatic N) is 2. The molecule has 2 rings (SSSR count). The summed E-state index contributed by atoms with van der Waals surface area (Å²) in [7, 11) is -2.59. The summed E-state index contributed by atoms with van der Waals surface area (Å²) in [6, 6.07) is 3.62. The molecule has 2 aromatic heterocycles. The molecule has 0 saturated carbocycles. The molecule has 4 nitrogen and oxygen atoms in total. The van der Waals surface area contributed by atoms with Crippen LogP contribution in [0.4, 0.5) is 3.89 Å². The maximum absolute atomic E-state index is 12.4. The Labute approximate surface area is 92.9 Å². The quantitative estimate of drug-likeness (QED) is 0.765. The minimum atomic E-state index is -4.41. The Hall–Kier alpha value is -1.43. The second kappa shape index (κ2) is 3.86. The number of hydrogen-bond donors (Lipinski definition) is 0. The molecule has 0 saturated heterocycles. The number of fused-ring (bicyclic) bond motifs is 1. The molecule has 0 aromatic carbocycles. The van der Waals surface area contributed by atoms with E-state index in [1.54, 1.807) is 23.0 Å². The molecular weight excluding hydrogens is 231 g/mol. The van der Waals surface area contributed by atoms with Crippen LogP contribution in [-0.4, -0.2) is 23.7 Å². The number of hydrogen-bond acceptors (Lipinski definition) is 3. The second-order valence-corrected chi connectivity index (χ2v) is 5.12. The van der Waals surface area contributed by atoms with Gasteiger partial charge in [-0.25, -0.2) is 4.98 Å². The molecular formula is C10H11FN2O2S. The van der Waals surface area contributed by atoms with Gasteiger partial charge in [0.1, 0.15) is 5.65 Å². The molecule has 0 aliphatic heterocycles. The van der Waals surface area contributed by atoms with Crippen LogP contribution in [0, 0.1) is 0 Å². The third kappa shape index (κ3) is 2.21. The van der Waals surface area contributed by atoms with Crippen LogP contribution in [0.1, 0.15) is 5.56 Å². The van der Waals surface area contributed by atoms with Crippen molar-refractivity contribution in [2.24, 2.45) is 7.05 Å². The molecule has 0 aliphatic rings. The Morgan fingerprint density at radius 1 is 1.50 bits per heavy atom. The maximum Gasteiger partial charge on any atom is 0.302 e. The van der Waals surface area contributed by atoms with Crippen LogP contribution in [0.15, 0.2) is 24.5 Å². The summed E-state index contributed by atoms with van der Waals surface area (Å²) in [4.78, 5) is 4.17. The Morgan fingerprint density at radius 3 is 2.94 bits per heavy atom. The van der Waals surface area contributed by atoms with Crippen LogP contribution in [0.5, 0.6) is 0 Å². The summed E-state index contributed by atoms with van der Waals surface area (Å²) in [6.45, 7) is 0. The standard InChI is InChI=1S/C10H11FN2O2S/c1-13-7-8(4-6-16(11,14)15)9-3-2-5-12-10(9)13/h2-3,5,7H,4,6H2,1H3. The van der Waals surface area contributed by atoms with Gasteiger partial charge in [0.25, 0.3) is 0 Å². The van der Waals surface area contributed by atoms with Crippen LogP contribution in [0.25, 0.3) is 11.0 Å². The third-order valence-electron chi connectivity index (χ3n) is 2.43. The number of rotatable bonds is 3. The van der Waals surface area contributed by atoms with Gasteiger partial charge in [0, 0.05) is 24.8 Å². The highest BCUT2D eigenvalue weighted by Crippen LogP contribution is 2.19. The monoisotopic (exact) mass is 242 g/mol. The Morgan fingerprint density at radius 2 is 2.25 bits per heavy atom. The van der Waals surface area contributed by atoms with Crippen molar-refractivity contribution in [2.45, 2.75) is 6.42 Å². The molecule has 0 bridgehead atoms.